The number of aliphatic hydroxyl groups excluding tert-OH is 3. The summed E-state index contributed by atoms with van der Waals surface area (Å²) in [6, 6.07) is 15.6. The normalized spacial score (nSPS) is 24.2. The van der Waals surface area contributed by atoms with Gasteiger partial charge in [-0.25, -0.2) is 9.59 Å². The first-order chi connectivity index (χ1) is 17.8. The van der Waals surface area contributed by atoms with Crippen molar-refractivity contribution < 1.29 is 53.7 Å². The van der Waals surface area contributed by atoms with Gasteiger partial charge in [-0.1, -0.05) is 42.5 Å². The summed E-state index contributed by atoms with van der Waals surface area (Å²) < 4.78 is 27.0. The number of aliphatic carboxylic acids is 1. The summed E-state index contributed by atoms with van der Waals surface area (Å²) in [7, 11) is 0. The van der Waals surface area contributed by atoms with Crippen LogP contribution in [0.1, 0.15) is 24.3 Å². The minimum absolute atomic E-state index is 0.113. The Labute approximate surface area is 213 Å². The highest BCUT2D eigenvalue weighted by molar-refractivity contribution is 5.77. The highest BCUT2D eigenvalue weighted by Gasteiger charge is 2.58. The van der Waals surface area contributed by atoms with Crippen LogP contribution in [0, 0.1) is 0 Å². The van der Waals surface area contributed by atoms with E-state index < -0.39 is 49.1 Å². The Morgan fingerprint density at radius 2 is 1.81 bits per heavy atom. The Balaban J connectivity index is 1.66. The van der Waals surface area contributed by atoms with Crippen molar-refractivity contribution in [3.63, 3.8) is 0 Å². The van der Waals surface area contributed by atoms with Gasteiger partial charge >= 0.3 is 17.8 Å². The average Bonchev–Trinajstić information content (AvgIpc) is 2.89. The molecule has 5 unspecified atom stereocenters. The maximum absolute atomic E-state index is 12.4. The van der Waals surface area contributed by atoms with E-state index in [0.717, 1.165) is 5.56 Å². The first-order valence-electron chi connectivity index (χ1n) is 11.7. The third-order valence-electron chi connectivity index (χ3n) is 5.54. The quantitative estimate of drug-likeness (QED) is 0.199. The van der Waals surface area contributed by atoms with E-state index in [-0.39, 0.29) is 24.7 Å². The van der Waals surface area contributed by atoms with Gasteiger partial charge in [0.2, 0.25) is 6.29 Å². The number of para-hydroxylation sites is 1. The van der Waals surface area contributed by atoms with Gasteiger partial charge in [-0.15, -0.1) is 0 Å². The smallest absolute Gasteiger partial charge is 0.411 e. The minimum Gasteiger partial charge on any atom is -0.476 e. The van der Waals surface area contributed by atoms with Gasteiger partial charge in [-0.3, -0.25) is 5.32 Å². The highest BCUT2D eigenvalue weighted by Crippen LogP contribution is 2.35. The second-order valence-electron chi connectivity index (χ2n) is 8.08. The van der Waals surface area contributed by atoms with E-state index in [1.165, 1.54) is 18.2 Å². The fraction of sp³-hybridized carbons (Fsp3) is 0.440. The lowest BCUT2D eigenvalue weighted by molar-refractivity contribution is -0.301. The van der Waals surface area contributed by atoms with Gasteiger partial charge in [-0.05, 0) is 31.0 Å². The molecule has 0 spiro atoms. The first-order valence-corrected chi connectivity index (χ1v) is 11.7. The molecule has 1 fully saturated rings. The Morgan fingerprint density at radius 1 is 1.11 bits per heavy atom. The second-order valence-corrected chi connectivity index (χ2v) is 8.08. The van der Waals surface area contributed by atoms with Crippen LogP contribution in [0.4, 0.5) is 4.79 Å². The molecule has 3 rings (SSSR count). The van der Waals surface area contributed by atoms with Crippen LogP contribution in [0.25, 0.3) is 0 Å². The second kappa shape index (κ2) is 13.3. The SMILES string of the molecule is CCOC(OC(=O)NCOCCc1ccccc1)c1ccccc1OC1(C(=O)O)OCC(O)C(O)C1O. The number of hydrogen-bond acceptors (Lipinski definition) is 10. The molecule has 202 valence electrons. The fourth-order valence-corrected chi connectivity index (χ4v) is 3.58. The van der Waals surface area contributed by atoms with Gasteiger partial charge in [0.25, 0.3) is 0 Å². The molecule has 0 saturated carbocycles. The van der Waals surface area contributed by atoms with E-state index in [4.69, 9.17) is 23.7 Å². The molecule has 12 nitrogen and oxygen atoms in total. The lowest BCUT2D eigenvalue weighted by Crippen LogP contribution is -2.67. The van der Waals surface area contributed by atoms with Crippen molar-refractivity contribution in [2.45, 2.75) is 43.7 Å². The van der Waals surface area contributed by atoms with Crippen LogP contribution in [-0.4, -0.2) is 83.1 Å². The molecule has 1 amide bonds. The van der Waals surface area contributed by atoms with Crippen LogP contribution in [0.2, 0.25) is 0 Å². The number of ether oxygens (including phenoxy) is 5. The summed E-state index contributed by atoms with van der Waals surface area (Å²) in [5.41, 5.74) is 1.20. The summed E-state index contributed by atoms with van der Waals surface area (Å²) >= 11 is 0. The third kappa shape index (κ3) is 7.16. The number of rotatable bonds is 12. The number of amides is 1. The summed E-state index contributed by atoms with van der Waals surface area (Å²) in [5, 5.41) is 42.4. The van der Waals surface area contributed by atoms with Crippen molar-refractivity contribution in [1.29, 1.82) is 0 Å². The molecule has 0 aromatic heterocycles. The lowest BCUT2D eigenvalue weighted by Gasteiger charge is -2.42. The van der Waals surface area contributed by atoms with Gasteiger partial charge in [-0.2, -0.15) is 0 Å². The van der Waals surface area contributed by atoms with Gasteiger partial charge in [0, 0.05) is 6.61 Å². The zero-order valence-corrected chi connectivity index (χ0v) is 20.2. The van der Waals surface area contributed by atoms with Gasteiger partial charge < -0.3 is 44.1 Å². The van der Waals surface area contributed by atoms with Gasteiger partial charge in [0.1, 0.15) is 24.7 Å². The summed E-state index contributed by atoms with van der Waals surface area (Å²) in [5.74, 6) is -4.63. The molecule has 0 bridgehead atoms. The molecule has 1 aliphatic heterocycles. The van der Waals surface area contributed by atoms with Gasteiger partial charge in [0.05, 0.1) is 18.8 Å². The fourth-order valence-electron chi connectivity index (χ4n) is 3.58. The molecule has 5 N–H and O–H groups in total. The monoisotopic (exact) mass is 521 g/mol. The van der Waals surface area contributed by atoms with Crippen LogP contribution in [0.3, 0.4) is 0 Å². The van der Waals surface area contributed by atoms with Gasteiger partial charge in [0.15, 0.2) is 6.10 Å². The van der Waals surface area contributed by atoms with Crippen molar-refractivity contribution in [1.82, 2.24) is 5.32 Å². The van der Waals surface area contributed by atoms with E-state index in [1.807, 2.05) is 30.3 Å². The molecule has 2 aromatic rings. The predicted molar refractivity (Wildman–Crippen MR) is 126 cm³/mol. The van der Waals surface area contributed by atoms with E-state index in [2.05, 4.69) is 5.32 Å². The summed E-state index contributed by atoms with van der Waals surface area (Å²) in [4.78, 5) is 24.4. The lowest BCUT2D eigenvalue weighted by atomic mass is 9.96. The van der Waals surface area contributed by atoms with Crippen LogP contribution >= 0.6 is 0 Å². The number of carboxylic acid groups (broad SMARTS) is 1. The minimum atomic E-state index is -2.74. The van der Waals surface area contributed by atoms with Crippen molar-refractivity contribution >= 4 is 12.1 Å². The molecule has 37 heavy (non-hydrogen) atoms. The van der Waals surface area contributed by atoms with E-state index >= 15 is 0 Å². The topological polar surface area (TPSA) is 173 Å². The summed E-state index contributed by atoms with van der Waals surface area (Å²) in [6.07, 6.45) is -7.02. The maximum atomic E-state index is 12.4. The van der Waals surface area contributed by atoms with Crippen LogP contribution in [0.15, 0.2) is 54.6 Å². The van der Waals surface area contributed by atoms with Crippen molar-refractivity contribution in [3.05, 3.63) is 65.7 Å². The van der Waals surface area contributed by atoms with E-state index in [1.54, 1.807) is 13.0 Å². The number of aliphatic hydroxyl groups is 3. The Morgan fingerprint density at radius 3 is 2.51 bits per heavy atom. The van der Waals surface area contributed by atoms with Crippen LogP contribution in [0.5, 0.6) is 5.75 Å². The average molecular weight is 522 g/mol. The van der Waals surface area contributed by atoms with Crippen molar-refractivity contribution in [2.75, 3.05) is 26.6 Å². The molecule has 1 saturated heterocycles. The van der Waals surface area contributed by atoms with Crippen LogP contribution < -0.4 is 10.1 Å². The predicted octanol–water partition coefficient (Wildman–Crippen LogP) is 0.937. The highest BCUT2D eigenvalue weighted by atomic mass is 16.7. The summed E-state index contributed by atoms with van der Waals surface area (Å²) in [6.45, 7) is 1.43. The standard InChI is InChI=1S/C25H31NO11/c1-2-34-22(36-24(32)26-15-33-13-12-16-8-4-3-5-9-16)17-10-6-7-11-19(17)37-25(23(30)31)21(29)20(28)18(27)14-35-25/h3-11,18,20-22,27-29H,2,12-15H2,1H3,(H,26,32)(H,30,31). The molecule has 1 aliphatic rings. The molecule has 5 atom stereocenters. The number of hydrogen-bond donors (Lipinski definition) is 5. The van der Waals surface area contributed by atoms with Crippen molar-refractivity contribution in [2.24, 2.45) is 0 Å². The number of nitrogens with one attached hydrogen (secondary N) is 1. The first kappa shape index (κ1) is 28.3. The number of carbonyl (C=O) groups excluding carboxylic acids is 1. The third-order valence-corrected chi connectivity index (χ3v) is 5.54. The molecule has 2 aromatic carbocycles. The van der Waals surface area contributed by atoms with E-state index in [9.17, 15) is 30.0 Å². The molecule has 0 aliphatic carbocycles. The largest absolute Gasteiger partial charge is 0.476 e. The molecule has 1 heterocycles. The Hall–Kier alpha value is -3.26. The Kier molecular flexibility index (Phi) is 10.2. The molecular weight excluding hydrogens is 490 g/mol. The zero-order chi connectivity index (χ0) is 26.8. The molecular formula is C25H31NO11. The van der Waals surface area contributed by atoms with Crippen molar-refractivity contribution in [3.8, 4) is 5.75 Å². The molecule has 12 heteroatoms. The zero-order valence-electron chi connectivity index (χ0n) is 20.2. The Bertz CT molecular complexity index is 1020. The number of carboxylic acids is 1. The number of alkyl carbamates (subject to hydrolysis) is 1. The number of carbonyl (C=O) groups is 2. The van der Waals surface area contributed by atoms with Crippen LogP contribution in [-0.2, 0) is 30.2 Å². The number of benzene rings is 2. The molecule has 0 radical (unpaired) electrons. The van der Waals surface area contributed by atoms with E-state index in [0.29, 0.717) is 13.0 Å². The maximum Gasteiger partial charge on any atom is 0.411 e.